The Hall–Kier alpha value is -3.02. The van der Waals surface area contributed by atoms with Crippen molar-refractivity contribution < 1.29 is 23.4 Å². The van der Waals surface area contributed by atoms with Crippen LogP contribution in [0.15, 0.2) is 40.9 Å². The molecule has 2 aromatic heterocycles. The van der Waals surface area contributed by atoms with Gasteiger partial charge in [0.05, 0.1) is 26.9 Å². The number of aromatic nitrogens is 1. The first-order chi connectivity index (χ1) is 11.2. The molecule has 6 nitrogen and oxygen atoms in total. The van der Waals surface area contributed by atoms with Crippen LogP contribution < -0.4 is 14.2 Å². The predicted molar refractivity (Wildman–Crippen MR) is 83.5 cm³/mol. The van der Waals surface area contributed by atoms with Crippen LogP contribution >= 0.6 is 0 Å². The average molecular weight is 313 g/mol. The summed E-state index contributed by atoms with van der Waals surface area (Å²) in [6, 6.07) is 8.42. The fourth-order valence-electron chi connectivity index (χ4n) is 2.34. The smallest absolute Gasteiger partial charge is 0.233 e. The maximum Gasteiger partial charge on any atom is 0.233 e. The van der Waals surface area contributed by atoms with Crippen LogP contribution in [0.25, 0.3) is 11.0 Å². The molecule has 2 heterocycles. The zero-order valence-electron chi connectivity index (χ0n) is 13.0. The van der Waals surface area contributed by atoms with E-state index in [2.05, 4.69) is 4.98 Å². The zero-order chi connectivity index (χ0) is 16.4. The molecule has 0 fully saturated rings. The lowest BCUT2D eigenvalue weighted by atomic mass is 10.1. The van der Waals surface area contributed by atoms with Crippen LogP contribution in [-0.4, -0.2) is 32.1 Å². The highest BCUT2D eigenvalue weighted by atomic mass is 16.5. The van der Waals surface area contributed by atoms with Gasteiger partial charge in [-0.05, 0) is 24.3 Å². The molecule has 0 aliphatic heterocycles. The molecule has 0 N–H and O–H groups in total. The molecule has 0 radical (unpaired) electrons. The largest absolute Gasteiger partial charge is 0.493 e. The minimum Gasteiger partial charge on any atom is -0.493 e. The minimum absolute atomic E-state index is 0.196. The number of hydrogen-bond acceptors (Lipinski definition) is 6. The van der Waals surface area contributed by atoms with Gasteiger partial charge in [-0.2, -0.15) is 0 Å². The monoisotopic (exact) mass is 313 g/mol. The molecule has 0 aliphatic rings. The van der Waals surface area contributed by atoms with Gasteiger partial charge in [0, 0.05) is 17.6 Å². The van der Waals surface area contributed by atoms with Crippen LogP contribution in [0, 0.1) is 0 Å². The first kappa shape index (κ1) is 14.9. The van der Waals surface area contributed by atoms with Gasteiger partial charge in [0.2, 0.25) is 11.7 Å². The van der Waals surface area contributed by atoms with Crippen molar-refractivity contribution in [1.82, 2.24) is 4.98 Å². The van der Waals surface area contributed by atoms with Crippen molar-refractivity contribution in [2.75, 3.05) is 21.3 Å². The topological polar surface area (TPSA) is 70.8 Å². The fraction of sp³-hybridized carbons (Fsp3) is 0.176. The molecule has 1 aromatic carbocycles. The molecule has 0 saturated heterocycles. The summed E-state index contributed by atoms with van der Waals surface area (Å²) in [7, 11) is 4.56. The lowest BCUT2D eigenvalue weighted by Crippen LogP contribution is -2.03. The van der Waals surface area contributed by atoms with Crippen LogP contribution in [0.2, 0.25) is 0 Å². The summed E-state index contributed by atoms with van der Waals surface area (Å²) in [5.74, 6) is 1.25. The van der Waals surface area contributed by atoms with E-state index in [9.17, 15) is 4.79 Å². The third-order valence-corrected chi connectivity index (χ3v) is 3.46. The summed E-state index contributed by atoms with van der Waals surface area (Å²) in [4.78, 5) is 16.7. The van der Waals surface area contributed by atoms with E-state index in [1.54, 1.807) is 50.7 Å². The van der Waals surface area contributed by atoms with Crippen LogP contribution in [0.5, 0.6) is 17.4 Å². The number of ether oxygens (including phenoxy) is 3. The number of nitrogens with zero attached hydrogens (tertiary/aromatic N) is 1. The van der Waals surface area contributed by atoms with Crippen molar-refractivity contribution in [2.45, 2.75) is 0 Å². The highest BCUT2D eigenvalue weighted by molar-refractivity contribution is 6.10. The number of carbonyl (C=O) groups excluding carboxylic acids is 1. The van der Waals surface area contributed by atoms with E-state index in [4.69, 9.17) is 18.6 Å². The number of pyridine rings is 1. The van der Waals surface area contributed by atoms with Gasteiger partial charge in [0.25, 0.3) is 0 Å². The normalized spacial score (nSPS) is 10.6. The summed E-state index contributed by atoms with van der Waals surface area (Å²) >= 11 is 0. The lowest BCUT2D eigenvalue weighted by Gasteiger charge is -2.06. The maximum atomic E-state index is 12.6. The Bertz CT molecular complexity index is 828. The van der Waals surface area contributed by atoms with E-state index in [1.807, 2.05) is 0 Å². The summed E-state index contributed by atoms with van der Waals surface area (Å²) in [6.07, 6.45) is 1.56. The maximum absolute atomic E-state index is 12.6. The summed E-state index contributed by atoms with van der Waals surface area (Å²) in [5.41, 5.74) is 0.877. The lowest BCUT2D eigenvalue weighted by molar-refractivity contribution is 0.101. The van der Waals surface area contributed by atoms with Crippen molar-refractivity contribution in [3.63, 3.8) is 0 Å². The number of rotatable bonds is 5. The standard InChI is InChI=1S/C17H15NO5/c1-20-13-7-10-8-15(23-12(10)9-14(13)21-2)16(19)11-5-4-6-18-17(11)22-3/h4-9H,1-3H3. The van der Waals surface area contributed by atoms with Crippen LogP contribution in [0.1, 0.15) is 16.1 Å². The van der Waals surface area contributed by atoms with Crippen molar-refractivity contribution in [3.8, 4) is 17.4 Å². The Labute approximate surface area is 132 Å². The second-order valence-electron chi connectivity index (χ2n) is 4.75. The number of carbonyl (C=O) groups is 1. The molecule has 6 heteroatoms. The number of methoxy groups -OCH3 is 3. The molecule has 118 valence electrons. The number of ketones is 1. The Morgan fingerprint density at radius 1 is 1.04 bits per heavy atom. The molecule has 3 rings (SSSR count). The molecular weight excluding hydrogens is 298 g/mol. The fourth-order valence-corrected chi connectivity index (χ4v) is 2.34. The van der Waals surface area contributed by atoms with E-state index < -0.39 is 0 Å². The first-order valence-corrected chi connectivity index (χ1v) is 6.87. The molecule has 0 atom stereocenters. The Morgan fingerprint density at radius 3 is 2.48 bits per heavy atom. The van der Waals surface area contributed by atoms with Gasteiger partial charge in [-0.25, -0.2) is 4.98 Å². The molecule has 3 aromatic rings. The van der Waals surface area contributed by atoms with Gasteiger partial charge >= 0.3 is 0 Å². The highest BCUT2D eigenvalue weighted by Gasteiger charge is 2.20. The van der Waals surface area contributed by atoms with Gasteiger partial charge < -0.3 is 18.6 Å². The van der Waals surface area contributed by atoms with Gasteiger partial charge in [0.15, 0.2) is 17.3 Å². The number of benzene rings is 1. The van der Waals surface area contributed by atoms with Gasteiger partial charge in [-0.1, -0.05) is 0 Å². The summed E-state index contributed by atoms with van der Waals surface area (Å²) in [6.45, 7) is 0. The number of hydrogen-bond donors (Lipinski definition) is 0. The third-order valence-electron chi connectivity index (χ3n) is 3.46. The van der Waals surface area contributed by atoms with E-state index >= 15 is 0 Å². The van der Waals surface area contributed by atoms with Crippen molar-refractivity contribution in [2.24, 2.45) is 0 Å². The molecule has 0 saturated carbocycles. The summed E-state index contributed by atoms with van der Waals surface area (Å²) in [5, 5.41) is 0.744. The average Bonchev–Trinajstić information content (AvgIpc) is 3.02. The Balaban J connectivity index is 2.08. The quantitative estimate of drug-likeness (QED) is 0.674. The second-order valence-corrected chi connectivity index (χ2v) is 4.75. The van der Waals surface area contributed by atoms with Crippen LogP contribution in [0.4, 0.5) is 0 Å². The van der Waals surface area contributed by atoms with Crippen molar-refractivity contribution >= 4 is 16.8 Å². The SMILES string of the molecule is COc1cc2cc(C(=O)c3cccnc3OC)oc2cc1OC. The number of fused-ring (bicyclic) bond motifs is 1. The molecule has 0 spiro atoms. The van der Waals surface area contributed by atoms with E-state index in [0.717, 1.165) is 5.39 Å². The minimum atomic E-state index is -0.302. The number of furan rings is 1. The predicted octanol–water partition coefficient (Wildman–Crippen LogP) is 3.08. The molecule has 0 aliphatic carbocycles. The molecule has 0 amide bonds. The van der Waals surface area contributed by atoms with Crippen LogP contribution in [0.3, 0.4) is 0 Å². The first-order valence-electron chi connectivity index (χ1n) is 6.87. The summed E-state index contributed by atoms with van der Waals surface area (Å²) < 4.78 is 21.3. The van der Waals surface area contributed by atoms with Crippen LogP contribution in [-0.2, 0) is 0 Å². The van der Waals surface area contributed by atoms with Gasteiger partial charge in [0.1, 0.15) is 5.58 Å². The van der Waals surface area contributed by atoms with E-state index in [-0.39, 0.29) is 17.4 Å². The van der Waals surface area contributed by atoms with Gasteiger partial charge in [-0.3, -0.25) is 4.79 Å². The molecular formula is C17H15NO5. The zero-order valence-corrected chi connectivity index (χ0v) is 13.0. The molecule has 23 heavy (non-hydrogen) atoms. The third kappa shape index (κ3) is 2.59. The second kappa shape index (κ2) is 6.00. The van der Waals surface area contributed by atoms with E-state index in [0.29, 0.717) is 22.6 Å². The van der Waals surface area contributed by atoms with Crippen molar-refractivity contribution in [1.29, 1.82) is 0 Å². The molecule has 0 unspecified atom stereocenters. The Morgan fingerprint density at radius 2 is 1.78 bits per heavy atom. The van der Waals surface area contributed by atoms with Gasteiger partial charge in [-0.15, -0.1) is 0 Å². The van der Waals surface area contributed by atoms with Crippen molar-refractivity contribution in [3.05, 3.63) is 47.9 Å². The Kier molecular flexibility index (Phi) is 3.89. The molecule has 0 bridgehead atoms. The van der Waals surface area contributed by atoms with E-state index in [1.165, 1.54) is 7.11 Å². The highest BCUT2D eigenvalue weighted by Crippen LogP contribution is 2.34.